The van der Waals surface area contributed by atoms with Crippen molar-refractivity contribution in [2.75, 3.05) is 13.1 Å². The van der Waals surface area contributed by atoms with Crippen molar-refractivity contribution in [3.8, 4) is 11.1 Å². The van der Waals surface area contributed by atoms with Crippen LogP contribution in [0, 0.1) is 0 Å². The smallest absolute Gasteiger partial charge is 0.140 e. The molecule has 1 saturated heterocycles. The van der Waals surface area contributed by atoms with Crippen molar-refractivity contribution in [2.24, 2.45) is 0 Å². The van der Waals surface area contributed by atoms with Crippen LogP contribution in [0.15, 0.2) is 54.6 Å². The van der Waals surface area contributed by atoms with E-state index >= 15 is 0 Å². The molecular formula is C17H18FNO. The summed E-state index contributed by atoms with van der Waals surface area (Å²) >= 11 is 0. The second kappa shape index (κ2) is 5.73. The standard InChI is InChI=1S/C17H18FNO/c18-16-11-19(12-17(16)20)10-14-8-4-5-9-15(14)13-6-2-1-3-7-13/h1-9,16-17,20H,10-12H2/t16-,17-/m1/s1. The first-order chi connectivity index (χ1) is 9.74. The molecule has 3 heteroatoms. The first-order valence-electron chi connectivity index (χ1n) is 6.92. The molecule has 0 radical (unpaired) electrons. The zero-order chi connectivity index (χ0) is 13.9. The zero-order valence-electron chi connectivity index (χ0n) is 11.2. The minimum absolute atomic E-state index is 0.310. The SMILES string of the molecule is O[C@@H]1CN(Cc2ccccc2-c2ccccc2)C[C@H]1F. The monoisotopic (exact) mass is 271 g/mol. The van der Waals surface area contributed by atoms with Crippen molar-refractivity contribution in [1.82, 2.24) is 4.90 Å². The van der Waals surface area contributed by atoms with Gasteiger partial charge in [0, 0.05) is 19.6 Å². The number of benzene rings is 2. The van der Waals surface area contributed by atoms with Crippen molar-refractivity contribution < 1.29 is 9.50 Å². The predicted molar refractivity (Wildman–Crippen MR) is 78.1 cm³/mol. The Morgan fingerprint density at radius 3 is 2.40 bits per heavy atom. The van der Waals surface area contributed by atoms with E-state index in [4.69, 9.17) is 0 Å². The van der Waals surface area contributed by atoms with Crippen molar-refractivity contribution in [1.29, 1.82) is 0 Å². The number of aliphatic hydroxyl groups is 1. The lowest BCUT2D eigenvalue weighted by Crippen LogP contribution is -2.21. The third-order valence-electron chi connectivity index (χ3n) is 3.79. The maximum Gasteiger partial charge on any atom is 0.140 e. The molecule has 3 rings (SSSR count). The van der Waals surface area contributed by atoms with Crippen LogP contribution in [0.4, 0.5) is 4.39 Å². The van der Waals surface area contributed by atoms with Gasteiger partial charge < -0.3 is 5.11 Å². The number of hydrogen-bond donors (Lipinski definition) is 1. The molecule has 20 heavy (non-hydrogen) atoms. The van der Waals surface area contributed by atoms with Crippen LogP contribution in [0.1, 0.15) is 5.56 Å². The molecule has 2 aromatic carbocycles. The normalized spacial score (nSPS) is 23.1. The lowest BCUT2D eigenvalue weighted by molar-refractivity contribution is 0.115. The summed E-state index contributed by atoms with van der Waals surface area (Å²) in [5.41, 5.74) is 3.50. The van der Waals surface area contributed by atoms with Gasteiger partial charge in [-0.2, -0.15) is 0 Å². The van der Waals surface area contributed by atoms with Gasteiger partial charge in [-0.15, -0.1) is 0 Å². The van der Waals surface area contributed by atoms with Gasteiger partial charge in [0.1, 0.15) is 6.17 Å². The molecule has 1 aliphatic rings. The molecule has 0 aromatic heterocycles. The number of aliphatic hydroxyl groups excluding tert-OH is 1. The summed E-state index contributed by atoms with van der Waals surface area (Å²) in [6.45, 7) is 1.39. The lowest BCUT2D eigenvalue weighted by Gasteiger charge is -2.17. The Morgan fingerprint density at radius 2 is 1.70 bits per heavy atom. The minimum atomic E-state index is -1.13. The second-order valence-corrected chi connectivity index (χ2v) is 5.30. The van der Waals surface area contributed by atoms with Gasteiger partial charge >= 0.3 is 0 Å². The van der Waals surface area contributed by atoms with Gasteiger partial charge in [-0.3, -0.25) is 4.90 Å². The Labute approximate surface area is 118 Å². The van der Waals surface area contributed by atoms with Gasteiger partial charge in [0.15, 0.2) is 0 Å². The van der Waals surface area contributed by atoms with Crippen molar-refractivity contribution in [3.05, 3.63) is 60.2 Å². The van der Waals surface area contributed by atoms with Crippen LogP contribution >= 0.6 is 0 Å². The highest BCUT2D eigenvalue weighted by Crippen LogP contribution is 2.26. The van der Waals surface area contributed by atoms with Crippen molar-refractivity contribution in [2.45, 2.75) is 18.8 Å². The average molecular weight is 271 g/mol. The van der Waals surface area contributed by atoms with E-state index in [2.05, 4.69) is 24.3 Å². The highest BCUT2D eigenvalue weighted by molar-refractivity contribution is 5.67. The summed E-state index contributed by atoms with van der Waals surface area (Å²) in [6.07, 6.45) is -1.97. The molecule has 2 nitrogen and oxygen atoms in total. The Hall–Kier alpha value is -1.71. The van der Waals surface area contributed by atoms with Gasteiger partial charge in [0.2, 0.25) is 0 Å². The zero-order valence-corrected chi connectivity index (χ0v) is 11.2. The van der Waals surface area contributed by atoms with Gasteiger partial charge in [0.05, 0.1) is 6.10 Å². The molecule has 1 heterocycles. The number of halogens is 1. The van der Waals surface area contributed by atoms with Crippen LogP contribution in [-0.2, 0) is 6.54 Å². The van der Waals surface area contributed by atoms with Crippen LogP contribution in [0.3, 0.4) is 0 Å². The molecule has 1 aliphatic heterocycles. The fraction of sp³-hybridized carbons (Fsp3) is 0.294. The number of likely N-dealkylation sites (tertiary alicyclic amines) is 1. The highest BCUT2D eigenvalue weighted by atomic mass is 19.1. The summed E-state index contributed by atoms with van der Waals surface area (Å²) in [5.74, 6) is 0. The Balaban J connectivity index is 1.84. The molecule has 0 bridgehead atoms. The van der Waals surface area contributed by atoms with E-state index in [-0.39, 0.29) is 0 Å². The van der Waals surface area contributed by atoms with Gasteiger partial charge in [-0.25, -0.2) is 4.39 Å². The van der Waals surface area contributed by atoms with E-state index < -0.39 is 12.3 Å². The maximum absolute atomic E-state index is 13.4. The molecule has 0 saturated carbocycles. The third-order valence-corrected chi connectivity index (χ3v) is 3.79. The molecule has 0 amide bonds. The topological polar surface area (TPSA) is 23.5 Å². The number of nitrogens with zero attached hydrogens (tertiary/aromatic N) is 1. The summed E-state index contributed by atoms with van der Waals surface area (Å²) in [6, 6.07) is 18.4. The molecule has 0 aliphatic carbocycles. The lowest BCUT2D eigenvalue weighted by atomic mass is 9.99. The van der Waals surface area contributed by atoms with E-state index in [1.54, 1.807) is 0 Å². The number of hydrogen-bond acceptors (Lipinski definition) is 2. The molecule has 0 spiro atoms. The quantitative estimate of drug-likeness (QED) is 0.928. The molecular weight excluding hydrogens is 253 g/mol. The van der Waals surface area contributed by atoms with E-state index in [1.807, 2.05) is 35.2 Å². The summed E-state index contributed by atoms with van der Waals surface area (Å²) in [7, 11) is 0. The number of alkyl halides is 1. The molecule has 1 N–H and O–H groups in total. The fourth-order valence-electron chi connectivity index (χ4n) is 2.75. The van der Waals surface area contributed by atoms with E-state index in [1.165, 1.54) is 16.7 Å². The first kappa shape index (κ1) is 13.3. The predicted octanol–water partition coefficient (Wildman–Crippen LogP) is 2.87. The Morgan fingerprint density at radius 1 is 1.00 bits per heavy atom. The fourth-order valence-corrected chi connectivity index (χ4v) is 2.75. The van der Waals surface area contributed by atoms with Crippen molar-refractivity contribution >= 4 is 0 Å². The molecule has 104 valence electrons. The largest absolute Gasteiger partial charge is 0.389 e. The summed E-state index contributed by atoms with van der Waals surface area (Å²) in [5, 5.41) is 9.52. The van der Waals surface area contributed by atoms with Gasteiger partial charge in [-0.1, -0.05) is 54.6 Å². The highest BCUT2D eigenvalue weighted by Gasteiger charge is 2.31. The molecule has 1 fully saturated rings. The molecule has 2 aromatic rings. The molecule has 2 atom stereocenters. The minimum Gasteiger partial charge on any atom is -0.389 e. The average Bonchev–Trinajstić information content (AvgIpc) is 2.79. The molecule has 0 unspecified atom stereocenters. The van der Waals surface area contributed by atoms with Gasteiger partial charge in [0.25, 0.3) is 0 Å². The Bertz CT molecular complexity index is 562. The van der Waals surface area contributed by atoms with Crippen LogP contribution < -0.4 is 0 Å². The number of β-amino-alcohol motifs (C(OH)–C–C–N with tert-alkyl or cyclic N) is 1. The summed E-state index contributed by atoms with van der Waals surface area (Å²) in [4.78, 5) is 1.97. The van der Waals surface area contributed by atoms with Crippen LogP contribution in [-0.4, -0.2) is 35.4 Å². The maximum atomic E-state index is 13.4. The van der Waals surface area contributed by atoms with E-state index in [0.29, 0.717) is 19.6 Å². The van der Waals surface area contributed by atoms with Gasteiger partial charge in [-0.05, 0) is 16.7 Å². The van der Waals surface area contributed by atoms with Crippen LogP contribution in [0.5, 0.6) is 0 Å². The van der Waals surface area contributed by atoms with E-state index in [0.717, 1.165) is 0 Å². The van der Waals surface area contributed by atoms with Crippen LogP contribution in [0.25, 0.3) is 11.1 Å². The third kappa shape index (κ3) is 2.74. The second-order valence-electron chi connectivity index (χ2n) is 5.30. The van der Waals surface area contributed by atoms with E-state index in [9.17, 15) is 9.50 Å². The van der Waals surface area contributed by atoms with Crippen molar-refractivity contribution in [3.63, 3.8) is 0 Å². The first-order valence-corrected chi connectivity index (χ1v) is 6.92. The number of rotatable bonds is 3. The Kier molecular flexibility index (Phi) is 3.81. The summed E-state index contributed by atoms with van der Waals surface area (Å²) < 4.78 is 13.4. The van der Waals surface area contributed by atoms with Crippen LogP contribution in [0.2, 0.25) is 0 Å².